The molecule has 4 aromatic carbocycles. The van der Waals surface area contributed by atoms with Crippen LogP contribution in [-0.2, 0) is 45.8 Å². The minimum atomic E-state index is -4.92. The first-order valence-electron chi connectivity index (χ1n) is 20.0. The quantitative estimate of drug-likeness (QED) is 0.0690. The third-order valence-electron chi connectivity index (χ3n) is 9.96. The van der Waals surface area contributed by atoms with Gasteiger partial charge in [0.25, 0.3) is 20.2 Å². The van der Waals surface area contributed by atoms with E-state index in [2.05, 4.69) is 0 Å². The summed E-state index contributed by atoms with van der Waals surface area (Å²) in [5, 5.41) is 9.54. The first-order valence-corrected chi connectivity index (χ1v) is 27.9. The van der Waals surface area contributed by atoms with Crippen molar-refractivity contribution in [2.75, 3.05) is 5.75 Å². The van der Waals surface area contributed by atoms with Crippen LogP contribution in [0.4, 0.5) is 0 Å². The monoisotopic (exact) mass is 1050 g/mol. The standard InChI is InChI=1S/C47H38O11S6.O3S/c48-46(49)25-26-59-47-34(23-21-31-27-39(33-11-2-1-3-12-33)60-40(28-31)36-15-4-7-18-43(36)62(50,51)52)13-10-14-35(47)24-22-32-29-41(37-16-5-8-19-44(37)63(53,54)55)61-42(30-32)38-17-6-9-20-45(38)64(56,57)58;1-4(2)3/h1-9,11-12,15-24,27-30H,10,13-14,25-26H2,(H3-,48,49,50,51,52,53,54,55,56,57,58);. The molecule has 1 aliphatic carbocycles. The fourth-order valence-electron chi connectivity index (χ4n) is 7.10. The van der Waals surface area contributed by atoms with Gasteiger partial charge in [-0.3, -0.25) is 13.9 Å². The molecular weight excluding hydrogens is 1010 g/mol. The molecule has 68 heavy (non-hydrogen) atoms. The van der Waals surface area contributed by atoms with Gasteiger partial charge in [-0.2, -0.15) is 16.8 Å². The lowest BCUT2D eigenvalue weighted by Crippen LogP contribution is -2.03. The van der Waals surface area contributed by atoms with Crippen molar-refractivity contribution in [2.24, 2.45) is 0 Å². The van der Waals surface area contributed by atoms with E-state index in [0.29, 0.717) is 38.6 Å². The number of thioether (sulfide) groups is 2. The lowest BCUT2D eigenvalue weighted by molar-refractivity contribution is -0.136. The highest BCUT2D eigenvalue weighted by Gasteiger charge is 2.27. The molecule has 3 N–H and O–H groups in total. The zero-order chi connectivity index (χ0) is 49.2. The second kappa shape index (κ2) is 22.7. The molecule has 2 heterocycles. The Bertz CT molecular complexity index is 3330. The Kier molecular flexibility index (Phi) is 17.3. The number of allylic oxidation sites excluding steroid dienone is 8. The summed E-state index contributed by atoms with van der Waals surface area (Å²) in [5.41, 5.74) is 4.63. The van der Waals surface area contributed by atoms with Gasteiger partial charge in [-0.15, -0.1) is 24.4 Å². The highest BCUT2D eigenvalue weighted by Crippen LogP contribution is 2.46. The van der Waals surface area contributed by atoms with Gasteiger partial charge < -0.3 is 9.66 Å². The van der Waals surface area contributed by atoms with Gasteiger partial charge in [0.15, 0.2) is 0 Å². The Morgan fingerprint density at radius 1 is 0.691 bits per heavy atom. The SMILES string of the molecule is O=C(O)CCSC1=C(/C=C/c2cc(-c3ccccc3S(=O)(=O)[O-])[s+]c(-c3ccccc3S(=O)(=O)O)c2)CCC/C1=C\C=C1\C=C(c2ccccc2)SC(c2ccccc2S(=O)(=O)O)=C1.O=S(=O)=O. The Morgan fingerprint density at radius 3 is 1.78 bits per heavy atom. The third-order valence-corrected chi connectivity index (χ3v) is 16.1. The maximum Gasteiger partial charge on any atom is 0.425 e. The van der Waals surface area contributed by atoms with E-state index in [9.17, 15) is 48.8 Å². The predicted octanol–water partition coefficient (Wildman–Crippen LogP) is 10.1. The van der Waals surface area contributed by atoms with E-state index >= 15 is 0 Å². The van der Waals surface area contributed by atoms with Crippen LogP contribution in [0.1, 0.15) is 42.4 Å². The van der Waals surface area contributed by atoms with Crippen LogP contribution in [0.25, 0.3) is 36.8 Å². The first-order chi connectivity index (χ1) is 32.2. The van der Waals surface area contributed by atoms with Gasteiger partial charge in [0.1, 0.15) is 19.9 Å². The normalized spacial score (nSPS) is 15.7. The summed E-state index contributed by atoms with van der Waals surface area (Å²) in [6.45, 7) is 0. The number of rotatable bonds is 14. The number of carbonyl (C=O) groups is 1. The van der Waals surface area contributed by atoms with Crippen molar-refractivity contribution in [3.8, 4) is 20.9 Å². The minimum Gasteiger partial charge on any atom is -0.744 e. The maximum atomic E-state index is 12.5. The zero-order valence-electron chi connectivity index (χ0n) is 35.2. The average Bonchev–Trinajstić information content (AvgIpc) is 3.29. The van der Waals surface area contributed by atoms with E-state index in [1.54, 1.807) is 48.5 Å². The second-order valence-electron chi connectivity index (χ2n) is 14.6. The molecule has 14 nitrogen and oxygen atoms in total. The molecule has 0 radical (unpaired) electrons. The molecule has 5 aromatic rings. The summed E-state index contributed by atoms with van der Waals surface area (Å²) in [5.74, 6) is -0.680. The number of carboxylic acid groups (broad SMARTS) is 1. The Morgan fingerprint density at radius 2 is 1.21 bits per heavy atom. The lowest BCUT2D eigenvalue weighted by atomic mass is 9.93. The number of benzene rings is 4. The van der Waals surface area contributed by atoms with Gasteiger partial charge in [0.2, 0.25) is 21.1 Å². The highest BCUT2D eigenvalue weighted by molar-refractivity contribution is 8.16. The fourth-order valence-corrected chi connectivity index (χ4v) is 13.0. The Labute approximate surface area is 407 Å². The van der Waals surface area contributed by atoms with E-state index in [4.69, 9.17) is 12.6 Å². The van der Waals surface area contributed by atoms with E-state index in [0.717, 1.165) is 49.9 Å². The molecule has 2 aliphatic rings. The molecule has 1 aliphatic heterocycles. The van der Waals surface area contributed by atoms with Crippen LogP contribution in [0, 0.1) is 0 Å². The van der Waals surface area contributed by atoms with Crippen molar-refractivity contribution >= 4 is 97.7 Å². The molecule has 1 aromatic heterocycles. The summed E-state index contributed by atoms with van der Waals surface area (Å²) < 4.78 is 132. The van der Waals surface area contributed by atoms with Gasteiger partial charge in [-0.1, -0.05) is 109 Å². The van der Waals surface area contributed by atoms with Gasteiger partial charge in [0, 0.05) is 38.2 Å². The first kappa shape index (κ1) is 51.8. The smallest absolute Gasteiger partial charge is 0.425 e. The maximum absolute atomic E-state index is 12.5. The van der Waals surface area contributed by atoms with Crippen LogP contribution in [0.2, 0.25) is 0 Å². The van der Waals surface area contributed by atoms with E-state index in [-0.39, 0.29) is 33.1 Å². The molecule has 0 bridgehead atoms. The molecule has 0 saturated carbocycles. The molecule has 0 unspecified atom stereocenters. The van der Waals surface area contributed by atoms with Gasteiger partial charge in [-0.05, 0) is 89.6 Å². The van der Waals surface area contributed by atoms with Crippen LogP contribution in [0.5, 0.6) is 0 Å². The molecule has 0 amide bonds. The third kappa shape index (κ3) is 14.0. The van der Waals surface area contributed by atoms with Gasteiger partial charge in [-0.25, -0.2) is 8.42 Å². The predicted molar refractivity (Wildman–Crippen MR) is 264 cm³/mol. The largest absolute Gasteiger partial charge is 0.744 e. The summed E-state index contributed by atoms with van der Waals surface area (Å²) in [6, 6.07) is 30.8. The number of carboxylic acids is 1. The molecule has 0 fully saturated rings. The second-order valence-corrected chi connectivity index (χ2v) is 22.4. The highest BCUT2D eigenvalue weighted by atomic mass is 32.2. The van der Waals surface area contributed by atoms with Crippen molar-refractivity contribution in [2.45, 2.75) is 40.4 Å². The summed E-state index contributed by atoms with van der Waals surface area (Å²) in [6.07, 6.45) is 13.3. The molecule has 0 saturated heterocycles. The summed E-state index contributed by atoms with van der Waals surface area (Å²) in [7, 11) is -17.3. The summed E-state index contributed by atoms with van der Waals surface area (Å²) in [4.78, 5) is 13.7. The number of hydrogen-bond donors (Lipinski definition) is 3. The number of aliphatic carboxylic acids is 1. The fraction of sp³-hybridized carbons (Fsp3) is 0.106. The van der Waals surface area contributed by atoms with Crippen LogP contribution < -0.4 is 0 Å². The van der Waals surface area contributed by atoms with Crippen molar-refractivity contribution in [1.82, 2.24) is 0 Å². The van der Waals surface area contributed by atoms with Crippen molar-refractivity contribution in [1.29, 1.82) is 0 Å². The number of hydrogen-bond acceptors (Lipinski definition) is 13. The molecular formula is C47H38O14S7. The van der Waals surface area contributed by atoms with Crippen LogP contribution in [0.15, 0.2) is 182 Å². The van der Waals surface area contributed by atoms with Crippen LogP contribution >= 0.6 is 34.9 Å². The summed E-state index contributed by atoms with van der Waals surface area (Å²) >= 11 is 3.82. The molecule has 21 heteroatoms. The van der Waals surface area contributed by atoms with Gasteiger partial charge >= 0.3 is 16.6 Å². The Balaban J connectivity index is 0.00000183. The van der Waals surface area contributed by atoms with Crippen LogP contribution in [-0.4, -0.2) is 68.4 Å². The van der Waals surface area contributed by atoms with Crippen molar-refractivity contribution < 1.29 is 61.4 Å². The van der Waals surface area contributed by atoms with Gasteiger partial charge in [0.05, 0.1) is 22.4 Å². The molecule has 0 atom stereocenters. The topological polar surface area (TPSA) is 254 Å². The van der Waals surface area contributed by atoms with E-state index < -0.39 is 51.8 Å². The van der Waals surface area contributed by atoms with Crippen LogP contribution in [0.3, 0.4) is 0 Å². The van der Waals surface area contributed by atoms with E-state index in [1.807, 2.05) is 60.7 Å². The van der Waals surface area contributed by atoms with Crippen molar-refractivity contribution in [3.05, 3.63) is 184 Å². The Hall–Kier alpha value is -5.59. The van der Waals surface area contributed by atoms with Crippen molar-refractivity contribution in [3.63, 3.8) is 0 Å². The molecule has 7 rings (SSSR count). The van der Waals surface area contributed by atoms with E-state index in [1.165, 1.54) is 66.0 Å². The lowest BCUT2D eigenvalue weighted by Gasteiger charge is -2.21. The average molecular weight is 1050 g/mol. The minimum absolute atomic E-state index is 0.0960. The molecule has 0 spiro atoms. The molecule has 352 valence electrons. The zero-order valence-corrected chi connectivity index (χ0v) is 40.9.